The van der Waals surface area contributed by atoms with E-state index in [1.165, 1.54) is 173 Å². The zero-order valence-corrected chi connectivity index (χ0v) is 28.7. The Kier molecular flexibility index (Phi) is 32.9. The van der Waals surface area contributed by atoms with Crippen LogP contribution in [0.4, 0.5) is 0 Å². The number of hydrogen-bond donors (Lipinski definition) is 3. The second-order valence-corrected chi connectivity index (χ2v) is 14.6. The van der Waals surface area contributed by atoms with E-state index < -0.39 is 7.82 Å². The number of thiocarbonyl (C=S) groups is 1. The fourth-order valence-corrected chi connectivity index (χ4v) is 6.18. The Balaban J connectivity index is 3.06. The molecule has 0 fully saturated rings. The highest BCUT2D eigenvalue weighted by Crippen LogP contribution is 2.35. The molecule has 2 N–H and O–H groups in total. The predicted molar refractivity (Wildman–Crippen MR) is 183 cm³/mol. The smallest absolute Gasteiger partial charge is 0.303 e. The zero-order chi connectivity index (χ0) is 29.4. The van der Waals surface area contributed by atoms with Crippen LogP contribution < -0.4 is 0 Å². The molecule has 0 saturated heterocycles. The molecule has 0 atom stereocenters. The van der Waals surface area contributed by atoms with Gasteiger partial charge in [-0.1, -0.05) is 192 Å². The molecule has 0 aliphatic rings. The standard InChI is InChI=1S/C33H67O4PS2/c34-38(35,36)37-32-30-28-26-24-22-20-18-16-14-12-10-8-6-4-2-1-3-5-7-9-11-13-15-17-19-21-23-25-27-29-31-33(39)40/h1-32H2,(H,39,40)(H2,34,35,36). The SMILES string of the molecule is O=P(O)(O)OCCCCCCCCCCCCCCCCCCCCCCCCCCCCCCCCC(=S)S. The van der Waals surface area contributed by atoms with E-state index in [9.17, 15) is 4.57 Å². The van der Waals surface area contributed by atoms with Crippen LogP contribution in [0.15, 0.2) is 0 Å². The van der Waals surface area contributed by atoms with Gasteiger partial charge in [-0.3, -0.25) is 4.52 Å². The Morgan fingerprint density at radius 2 is 0.650 bits per heavy atom. The second kappa shape index (κ2) is 32.5. The molecule has 0 aromatic rings. The molecule has 7 heteroatoms. The molecule has 0 amide bonds. The molecular formula is C33H67O4PS2. The molecule has 0 rings (SSSR count). The van der Waals surface area contributed by atoms with E-state index >= 15 is 0 Å². The van der Waals surface area contributed by atoms with Crippen molar-refractivity contribution in [2.45, 2.75) is 199 Å². The van der Waals surface area contributed by atoms with Crippen molar-refractivity contribution in [3.05, 3.63) is 0 Å². The minimum atomic E-state index is -4.27. The summed E-state index contributed by atoms with van der Waals surface area (Å²) in [5.74, 6) is 0. The van der Waals surface area contributed by atoms with Crippen molar-refractivity contribution >= 4 is 36.9 Å². The van der Waals surface area contributed by atoms with Crippen molar-refractivity contribution in [3.8, 4) is 0 Å². The highest BCUT2D eigenvalue weighted by Gasteiger charge is 2.12. The monoisotopic (exact) mass is 622 g/mol. The first-order valence-electron chi connectivity index (χ1n) is 17.3. The van der Waals surface area contributed by atoms with Crippen molar-refractivity contribution < 1.29 is 18.9 Å². The van der Waals surface area contributed by atoms with Crippen molar-refractivity contribution in [2.24, 2.45) is 0 Å². The Morgan fingerprint density at radius 3 is 0.850 bits per heavy atom. The van der Waals surface area contributed by atoms with Crippen LogP contribution in [0.2, 0.25) is 0 Å². The largest absolute Gasteiger partial charge is 0.469 e. The number of phosphoric ester groups is 1. The molecule has 4 nitrogen and oxygen atoms in total. The number of rotatable bonds is 34. The summed E-state index contributed by atoms with van der Waals surface area (Å²) in [6.45, 7) is 0.167. The molecule has 0 bridgehead atoms. The van der Waals surface area contributed by atoms with Gasteiger partial charge in [0.15, 0.2) is 0 Å². The van der Waals surface area contributed by atoms with E-state index in [1.54, 1.807) is 0 Å². The van der Waals surface area contributed by atoms with Gasteiger partial charge < -0.3 is 9.79 Å². The van der Waals surface area contributed by atoms with Gasteiger partial charge in [-0.2, -0.15) is 0 Å². The molecule has 40 heavy (non-hydrogen) atoms. The average Bonchev–Trinajstić information content (AvgIpc) is 2.90. The van der Waals surface area contributed by atoms with E-state index in [4.69, 9.17) is 22.0 Å². The highest BCUT2D eigenvalue weighted by atomic mass is 32.1. The zero-order valence-electron chi connectivity index (χ0n) is 26.1. The quantitative estimate of drug-likeness (QED) is 0.0288. The van der Waals surface area contributed by atoms with Gasteiger partial charge in [-0.15, -0.1) is 12.6 Å². The number of thiol groups is 1. The summed E-state index contributed by atoms with van der Waals surface area (Å²) >= 11 is 9.19. The van der Waals surface area contributed by atoms with Crippen LogP contribution in [0.25, 0.3) is 0 Å². The first kappa shape index (κ1) is 40.5. The van der Waals surface area contributed by atoms with Crippen LogP contribution >= 0.6 is 32.7 Å². The first-order valence-corrected chi connectivity index (χ1v) is 19.7. The summed E-state index contributed by atoms with van der Waals surface area (Å²) in [5.41, 5.74) is 0. The van der Waals surface area contributed by atoms with E-state index in [0.717, 1.165) is 29.9 Å². The average molecular weight is 623 g/mol. The van der Waals surface area contributed by atoms with Crippen LogP contribution in [-0.4, -0.2) is 20.6 Å². The number of hydrogen-bond acceptors (Lipinski definition) is 3. The van der Waals surface area contributed by atoms with Gasteiger partial charge in [0.05, 0.1) is 6.61 Å². The van der Waals surface area contributed by atoms with Crippen molar-refractivity contribution in [2.75, 3.05) is 6.61 Å². The third-order valence-electron chi connectivity index (χ3n) is 8.04. The van der Waals surface area contributed by atoms with Crippen LogP contribution in [0.1, 0.15) is 199 Å². The topological polar surface area (TPSA) is 66.8 Å². The number of phosphoric acid groups is 1. The van der Waals surface area contributed by atoms with Crippen LogP contribution in [0.3, 0.4) is 0 Å². The molecule has 0 aliphatic carbocycles. The Hall–Kier alpha value is 0.550. The normalized spacial score (nSPS) is 11.9. The maximum absolute atomic E-state index is 10.6. The summed E-state index contributed by atoms with van der Waals surface area (Å²) in [5, 5.41) is 0. The van der Waals surface area contributed by atoms with Gasteiger partial charge in [0.25, 0.3) is 0 Å². The van der Waals surface area contributed by atoms with E-state index in [0.29, 0.717) is 0 Å². The fourth-order valence-electron chi connectivity index (χ4n) is 5.51. The van der Waals surface area contributed by atoms with Crippen molar-refractivity contribution in [1.82, 2.24) is 0 Å². The van der Waals surface area contributed by atoms with Crippen molar-refractivity contribution in [1.29, 1.82) is 0 Å². The van der Waals surface area contributed by atoms with Gasteiger partial charge in [-0.05, 0) is 19.3 Å². The van der Waals surface area contributed by atoms with Gasteiger partial charge in [0.2, 0.25) is 0 Å². The summed E-state index contributed by atoms with van der Waals surface area (Å²) in [4.78, 5) is 17.2. The minimum Gasteiger partial charge on any atom is -0.303 e. The van der Waals surface area contributed by atoms with Crippen LogP contribution in [0, 0.1) is 0 Å². The minimum absolute atomic E-state index is 0.167. The molecule has 0 aromatic carbocycles. The maximum Gasteiger partial charge on any atom is 0.469 e. The molecular weight excluding hydrogens is 555 g/mol. The van der Waals surface area contributed by atoms with E-state index in [1.807, 2.05) is 0 Å². The molecule has 0 radical (unpaired) electrons. The van der Waals surface area contributed by atoms with Crippen LogP contribution in [0.5, 0.6) is 0 Å². The van der Waals surface area contributed by atoms with Gasteiger partial charge in [-0.25, -0.2) is 4.57 Å². The Morgan fingerprint density at radius 1 is 0.450 bits per heavy atom. The molecule has 0 aromatic heterocycles. The van der Waals surface area contributed by atoms with E-state index in [-0.39, 0.29) is 6.61 Å². The molecule has 0 spiro atoms. The molecule has 0 saturated carbocycles. The summed E-state index contributed by atoms with van der Waals surface area (Å²) in [7, 11) is -4.27. The highest BCUT2D eigenvalue weighted by molar-refractivity contribution is 8.11. The lowest BCUT2D eigenvalue weighted by Gasteiger charge is -2.05. The summed E-state index contributed by atoms with van der Waals surface area (Å²) in [6.07, 6.45) is 41.6. The summed E-state index contributed by atoms with van der Waals surface area (Å²) < 4.78 is 15.9. The lowest BCUT2D eigenvalue weighted by molar-refractivity contribution is 0.193. The number of unbranched alkanes of at least 4 members (excludes halogenated alkanes) is 29. The fraction of sp³-hybridized carbons (Fsp3) is 0.970. The van der Waals surface area contributed by atoms with Crippen LogP contribution in [-0.2, 0) is 9.09 Å². The van der Waals surface area contributed by atoms with Gasteiger partial charge in [0.1, 0.15) is 0 Å². The molecule has 0 heterocycles. The molecule has 0 aliphatic heterocycles. The lowest BCUT2D eigenvalue weighted by atomic mass is 10.0. The second-order valence-electron chi connectivity index (χ2n) is 12.1. The molecule has 240 valence electrons. The first-order chi connectivity index (χ1) is 19.4. The lowest BCUT2D eigenvalue weighted by Crippen LogP contribution is -1.92. The Bertz CT molecular complexity index is 571. The predicted octanol–water partition coefficient (Wildman–Crippen LogP) is 12.4. The third kappa shape index (κ3) is 38.5. The molecule has 0 unspecified atom stereocenters. The third-order valence-corrected chi connectivity index (χ3v) is 8.99. The van der Waals surface area contributed by atoms with Gasteiger partial charge >= 0.3 is 7.82 Å². The maximum atomic E-state index is 10.6. The van der Waals surface area contributed by atoms with Crippen molar-refractivity contribution in [3.63, 3.8) is 0 Å². The summed E-state index contributed by atoms with van der Waals surface area (Å²) in [6, 6.07) is 0. The van der Waals surface area contributed by atoms with E-state index in [2.05, 4.69) is 17.2 Å². The Labute approximate surface area is 260 Å². The van der Waals surface area contributed by atoms with Gasteiger partial charge in [0, 0.05) is 4.20 Å².